The van der Waals surface area contributed by atoms with Crippen molar-refractivity contribution < 1.29 is 38.6 Å². The zero-order valence-electron chi connectivity index (χ0n) is 35.2. The molecule has 3 aromatic rings. The smallest absolute Gasteiger partial charge is 0.679 e. The fourth-order valence-electron chi connectivity index (χ4n) is 6.20. The van der Waals surface area contributed by atoms with Crippen molar-refractivity contribution in [2.24, 2.45) is 0 Å². The van der Waals surface area contributed by atoms with Gasteiger partial charge in [0.25, 0.3) is 0 Å². The number of rotatable bonds is 20. The summed E-state index contributed by atoms with van der Waals surface area (Å²) >= 11 is 0. The first-order valence-electron chi connectivity index (χ1n) is 19.2. The molecule has 0 N–H and O–H groups in total. The first kappa shape index (κ1) is 52.1. The quantitative estimate of drug-likeness (QED) is 0.0839. The van der Waals surface area contributed by atoms with Gasteiger partial charge in [0.15, 0.2) is 0 Å². The van der Waals surface area contributed by atoms with E-state index in [1.165, 1.54) is 0 Å². The molecule has 0 atom stereocenters. The zero-order valence-corrected chi connectivity index (χ0v) is 40.1. The van der Waals surface area contributed by atoms with Crippen LogP contribution in [0.25, 0.3) is 16.0 Å². The second-order valence-electron chi connectivity index (χ2n) is 14.6. The molecule has 300 valence electrons. The van der Waals surface area contributed by atoms with Gasteiger partial charge < -0.3 is 25.6 Å². The first-order valence-corrected chi connectivity index (χ1v) is 24.2. The summed E-state index contributed by atoms with van der Waals surface area (Å²) in [4.78, 5) is 2.39. The Labute approximate surface area is 351 Å². The Hall–Kier alpha value is -0.864. The second kappa shape index (κ2) is 27.7. The maximum Gasteiger partial charge on any atom is 2.00 e. The van der Waals surface area contributed by atoms with E-state index in [-0.39, 0.29) is 57.6 Å². The minimum atomic E-state index is -0.224. The van der Waals surface area contributed by atoms with E-state index in [2.05, 4.69) is 161 Å². The van der Waals surface area contributed by atoms with E-state index in [4.69, 9.17) is 20.7 Å². The molecular weight excluding hydrogens is 792 g/mol. The molecule has 0 unspecified atom stereocenters. The van der Waals surface area contributed by atoms with Gasteiger partial charge in [0.05, 0.1) is 0 Å². The molecule has 3 aromatic carbocycles. The van der Waals surface area contributed by atoms with Crippen molar-refractivity contribution in [1.29, 1.82) is 0 Å². The molecule has 0 spiro atoms. The van der Waals surface area contributed by atoms with E-state index in [9.17, 15) is 0 Å². The summed E-state index contributed by atoms with van der Waals surface area (Å²) in [6.07, 6.45) is 2.61. The van der Waals surface area contributed by atoms with Crippen LogP contribution in [0.4, 0.5) is 34.1 Å². The number of hydrogen-bond donors (Lipinski definition) is 0. The monoisotopic (exact) mass is 861 g/mol. The van der Waals surface area contributed by atoms with Crippen LogP contribution in [0.5, 0.6) is 0 Å². The maximum absolute atomic E-state index is 5.35. The standard InChI is InChI=1S/C39H60N4P3.C4H10O.Cr.Ni/c1-28(2)44(29(3)4)25-40-34-19-13-16-22-37(34)43(38-23-17-14-20-35(38)41-26-45(30(5)6)31(7)8)39-24-18-15-21-36(39)42-27-46(32(9)10)33(11)12;1-3-5-4-2;;/h13-24,28-33H,25-27H2,1-12H3;3-4H2,1-2H3;;/q-3;;+2;. The number of hydrogen-bond acceptors (Lipinski definition) is 2. The topological polar surface area (TPSA) is 54.8 Å². The number of benzene rings is 3. The molecule has 0 amide bonds. The SMILES string of the molecule is CC(C)P(C[N-]c1ccccc1N(c1ccccc1[N-]CP(C(C)C)C(C)C)c1ccccc1[N-]CP(C(C)C)C(C)C)C(C)C.CCOCC.[Cr+2].[Ni]. The summed E-state index contributed by atoms with van der Waals surface area (Å²) in [6, 6.07) is 26.0. The van der Waals surface area contributed by atoms with Gasteiger partial charge in [0, 0.05) is 46.8 Å². The average Bonchev–Trinajstić information content (AvgIpc) is 3.06. The number of ether oxygens (including phenoxy) is 1. The Kier molecular flexibility index (Phi) is 27.2. The van der Waals surface area contributed by atoms with Gasteiger partial charge in [-0.2, -0.15) is 0 Å². The summed E-state index contributed by atoms with van der Waals surface area (Å²) in [5.74, 6) is 0. The third-order valence-corrected chi connectivity index (χ3v) is 18.3. The fraction of sp³-hybridized carbons (Fsp3) is 0.581. The van der Waals surface area contributed by atoms with Gasteiger partial charge >= 0.3 is 17.4 Å². The van der Waals surface area contributed by atoms with Gasteiger partial charge in [-0.05, 0) is 66.0 Å². The van der Waals surface area contributed by atoms with E-state index in [1.807, 2.05) is 13.8 Å². The first-order chi connectivity index (χ1) is 24.2. The van der Waals surface area contributed by atoms with E-state index < -0.39 is 0 Å². The molecule has 0 saturated carbocycles. The van der Waals surface area contributed by atoms with Crippen molar-refractivity contribution >= 4 is 57.9 Å². The molecule has 0 bridgehead atoms. The van der Waals surface area contributed by atoms with Gasteiger partial charge in [0.1, 0.15) is 0 Å². The summed E-state index contributed by atoms with van der Waals surface area (Å²) in [6.45, 7) is 33.8. The molecule has 0 saturated heterocycles. The Bertz CT molecular complexity index is 1210. The van der Waals surface area contributed by atoms with Gasteiger partial charge in [-0.15, -0.1) is 59.7 Å². The van der Waals surface area contributed by atoms with Crippen LogP contribution in [-0.2, 0) is 38.6 Å². The molecule has 0 aliphatic rings. The van der Waals surface area contributed by atoms with Crippen LogP contribution in [0.15, 0.2) is 72.8 Å². The summed E-state index contributed by atoms with van der Waals surface area (Å²) < 4.78 is 4.83. The minimum Gasteiger partial charge on any atom is -0.679 e. The van der Waals surface area contributed by atoms with E-state index in [1.54, 1.807) is 0 Å². The summed E-state index contributed by atoms with van der Waals surface area (Å²) in [5, 5.41) is 16.1. The largest absolute Gasteiger partial charge is 2.00 e. The van der Waals surface area contributed by atoms with Gasteiger partial charge in [-0.1, -0.05) is 138 Å². The molecule has 0 radical (unpaired) electrons. The molecule has 10 heteroatoms. The normalized spacial score (nSPS) is 11.4. The fourth-order valence-corrected chi connectivity index (χ4v) is 12.7. The van der Waals surface area contributed by atoms with Crippen LogP contribution in [0.1, 0.15) is 96.9 Å². The van der Waals surface area contributed by atoms with E-state index in [0.717, 1.165) is 66.2 Å². The summed E-state index contributed by atoms with van der Waals surface area (Å²) in [7, 11) is -0.673. The number of para-hydroxylation sites is 6. The molecule has 5 nitrogen and oxygen atoms in total. The number of nitrogens with zero attached hydrogens (tertiary/aromatic N) is 4. The van der Waals surface area contributed by atoms with Crippen LogP contribution in [-0.4, -0.2) is 66.0 Å². The van der Waals surface area contributed by atoms with Crippen LogP contribution in [0.2, 0.25) is 0 Å². The van der Waals surface area contributed by atoms with Gasteiger partial charge in [0.2, 0.25) is 0 Å². The van der Waals surface area contributed by atoms with Crippen molar-refractivity contribution in [1.82, 2.24) is 0 Å². The molecule has 3 rings (SSSR count). The van der Waals surface area contributed by atoms with Crippen LogP contribution in [0.3, 0.4) is 0 Å². The van der Waals surface area contributed by atoms with E-state index >= 15 is 0 Å². The van der Waals surface area contributed by atoms with Crippen molar-refractivity contribution in [3.05, 3.63) is 88.7 Å². The van der Waals surface area contributed by atoms with Crippen LogP contribution in [0, 0.1) is 0 Å². The third-order valence-electron chi connectivity index (χ3n) is 8.97. The van der Waals surface area contributed by atoms with Crippen molar-refractivity contribution in [3.8, 4) is 0 Å². The number of anilines is 3. The Balaban J connectivity index is 0.00000361. The third kappa shape index (κ3) is 17.0. The predicted octanol–water partition coefficient (Wildman–Crippen LogP) is 16.0. The molecule has 0 aliphatic heterocycles. The Morgan fingerprint density at radius 3 is 0.868 bits per heavy atom. The average molecular weight is 863 g/mol. The second-order valence-corrected chi connectivity index (χ2v) is 24.7. The predicted molar refractivity (Wildman–Crippen MR) is 239 cm³/mol. The molecule has 0 heterocycles. The van der Waals surface area contributed by atoms with Crippen molar-refractivity contribution in [3.63, 3.8) is 0 Å². The zero-order chi connectivity index (χ0) is 38.1. The van der Waals surface area contributed by atoms with E-state index in [0.29, 0.717) is 34.0 Å². The van der Waals surface area contributed by atoms with Crippen molar-refractivity contribution in [2.45, 2.75) is 131 Å². The Morgan fingerprint density at radius 1 is 0.453 bits per heavy atom. The summed E-state index contributed by atoms with van der Waals surface area (Å²) in [5.41, 5.74) is 10.1. The molecule has 0 aromatic heterocycles. The van der Waals surface area contributed by atoms with Gasteiger partial charge in [-0.3, -0.25) is 0 Å². The van der Waals surface area contributed by atoms with Gasteiger partial charge in [-0.25, -0.2) is 0 Å². The minimum absolute atomic E-state index is 0. The molecule has 0 aliphatic carbocycles. The Morgan fingerprint density at radius 2 is 0.679 bits per heavy atom. The van der Waals surface area contributed by atoms with Crippen molar-refractivity contribution in [2.75, 3.05) is 37.0 Å². The maximum atomic E-state index is 5.35. The molecule has 53 heavy (non-hydrogen) atoms. The molecular formula is C43H70CrN4NiOP3-. The molecule has 0 fully saturated rings. The van der Waals surface area contributed by atoms with Crippen LogP contribution < -0.4 is 4.90 Å². The van der Waals surface area contributed by atoms with Crippen LogP contribution >= 0.6 is 23.8 Å².